The number of halogens is 2. The third-order valence-electron chi connectivity index (χ3n) is 3.33. The molecule has 1 heterocycles. The number of rotatable bonds is 7. The average molecular weight is 315 g/mol. The van der Waals surface area contributed by atoms with E-state index in [0.29, 0.717) is 0 Å². The van der Waals surface area contributed by atoms with Crippen molar-refractivity contribution in [2.75, 3.05) is 13.7 Å². The summed E-state index contributed by atoms with van der Waals surface area (Å²) in [6.45, 7) is 3.67. The molecule has 1 atom stereocenters. The molecule has 1 unspecified atom stereocenters. The van der Waals surface area contributed by atoms with E-state index in [1.165, 1.54) is 0 Å². The van der Waals surface area contributed by atoms with Gasteiger partial charge in [-0.3, -0.25) is 0 Å². The zero-order valence-electron chi connectivity index (χ0n) is 11.9. The van der Waals surface area contributed by atoms with Crippen molar-refractivity contribution in [1.82, 2.24) is 9.55 Å². The van der Waals surface area contributed by atoms with Crippen molar-refractivity contribution in [2.24, 2.45) is 0 Å². The van der Waals surface area contributed by atoms with Crippen molar-refractivity contribution in [1.29, 1.82) is 0 Å². The van der Waals surface area contributed by atoms with E-state index in [1.54, 1.807) is 7.11 Å². The summed E-state index contributed by atoms with van der Waals surface area (Å²) in [5.74, 6) is 0.913. The Labute approximate surface area is 129 Å². The molecule has 1 aromatic carbocycles. The molecule has 0 bridgehead atoms. The second kappa shape index (κ2) is 7.30. The van der Waals surface area contributed by atoms with Gasteiger partial charge in [-0.1, -0.05) is 11.6 Å². The number of fused-ring (bicyclic) bond motifs is 1. The fourth-order valence-corrected chi connectivity index (χ4v) is 2.68. The van der Waals surface area contributed by atoms with Crippen LogP contribution in [0.3, 0.4) is 0 Å². The summed E-state index contributed by atoms with van der Waals surface area (Å²) >= 11 is 12.3. The van der Waals surface area contributed by atoms with Crippen LogP contribution in [0.25, 0.3) is 11.0 Å². The molecule has 20 heavy (non-hydrogen) atoms. The second-order valence-electron chi connectivity index (χ2n) is 4.92. The Kier molecular flexibility index (Phi) is 5.70. The molecule has 5 heteroatoms. The van der Waals surface area contributed by atoms with Crippen LogP contribution in [0.15, 0.2) is 18.2 Å². The molecule has 0 spiro atoms. The monoisotopic (exact) mass is 314 g/mol. The number of unbranched alkanes of at least 4 members (excludes halogenated alkanes) is 2. The topological polar surface area (TPSA) is 27.1 Å². The van der Waals surface area contributed by atoms with E-state index in [4.69, 9.17) is 27.9 Å². The summed E-state index contributed by atoms with van der Waals surface area (Å²) in [7, 11) is 1.73. The Morgan fingerprint density at radius 3 is 2.80 bits per heavy atom. The number of nitrogens with zero attached hydrogens (tertiary/aromatic N) is 2. The van der Waals surface area contributed by atoms with Crippen molar-refractivity contribution in [3.63, 3.8) is 0 Å². The predicted octanol–water partition coefficient (Wildman–Crippen LogP) is 4.81. The Bertz CT molecular complexity index is 566. The van der Waals surface area contributed by atoms with Gasteiger partial charge in [0.25, 0.3) is 0 Å². The highest BCUT2D eigenvalue weighted by Crippen LogP contribution is 2.27. The number of imidazole rings is 1. The molecule has 0 saturated heterocycles. The van der Waals surface area contributed by atoms with Crippen LogP contribution in [-0.2, 0) is 11.3 Å². The second-order valence-corrected chi connectivity index (χ2v) is 6.02. The zero-order chi connectivity index (χ0) is 14.5. The number of hydrogen-bond donors (Lipinski definition) is 0. The van der Waals surface area contributed by atoms with Crippen molar-refractivity contribution in [3.8, 4) is 0 Å². The maximum absolute atomic E-state index is 6.25. The van der Waals surface area contributed by atoms with Gasteiger partial charge >= 0.3 is 0 Å². The van der Waals surface area contributed by atoms with Crippen LogP contribution in [0.5, 0.6) is 0 Å². The summed E-state index contributed by atoms with van der Waals surface area (Å²) in [5, 5.41) is 0.618. The van der Waals surface area contributed by atoms with Crippen molar-refractivity contribution >= 4 is 34.2 Å². The van der Waals surface area contributed by atoms with Gasteiger partial charge in [0.05, 0.1) is 16.4 Å². The minimum atomic E-state index is -0.111. The highest BCUT2D eigenvalue weighted by molar-refractivity contribution is 6.31. The molecule has 0 aliphatic carbocycles. The van der Waals surface area contributed by atoms with Crippen LogP contribution in [0.1, 0.15) is 37.4 Å². The van der Waals surface area contributed by atoms with Crippen LogP contribution in [0, 0.1) is 0 Å². The van der Waals surface area contributed by atoms with Gasteiger partial charge in [0, 0.05) is 25.3 Å². The van der Waals surface area contributed by atoms with Gasteiger partial charge in [-0.2, -0.15) is 0 Å². The Balaban J connectivity index is 2.19. The van der Waals surface area contributed by atoms with Gasteiger partial charge < -0.3 is 9.30 Å². The van der Waals surface area contributed by atoms with E-state index in [-0.39, 0.29) is 5.38 Å². The van der Waals surface area contributed by atoms with Crippen LogP contribution in [0.2, 0.25) is 5.02 Å². The van der Waals surface area contributed by atoms with Crippen LogP contribution in [-0.4, -0.2) is 23.3 Å². The first-order chi connectivity index (χ1) is 9.63. The molecule has 3 nitrogen and oxygen atoms in total. The number of aromatic nitrogens is 2. The SMILES string of the molecule is COCCCCCn1c(C(C)Cl)nc2ccc(Cl)cc21. The zero-order valence-corrected chi connectivity index (χ0v) is 13.4. The molecular formula is C15H20Cl2N2O. The van der Waals surface area contributed by atoms with Gasteiger partial charge in [0.2, 0.25) is 0 Å². The standard InChI is InChI=1S/C15H20Cl2N2O/c1-11(16)15-18-13-7-6-12(17)10-14(13)19(15)8-4-3-5-9-20-2/h6-7,10-11H,3-5,8-9H2,1-2H3. The van der Waals surface area contributed by atoms with Crippen LogP contribution in [0.4, 0.5) is 0 Å². The molecule has 0 aliphatic rings. The summed E-state index contributed by atoms with van der Waals surface area (Å²) in [6.07, 6.45) is 3.29. The van der Waals surface area contributed by atoms with E-state index in [9.17, 15) is 0 Å². The van der Waals surface area contributed by atoms with E-state index in [0.717, 1.165) is 54.3 Å². The van der Waals surface area contributed by atoms with Crippen molar-refractivity contribution in [3.05, 3.63) is 29.0 Å². The van der Waals surface area contributed by atoms with E-state index in [2.05, 4.69) is 9.55 Å². The molecule has 110 valence electrons. The highest BCUT2D eigenvalue weighted by atomic mass is 35.5. The normalized spacial score (nSPS) is 13.0. The first-order valence-electron chi connectivity index (χ1n) is 6.92. The number of aryl methyl sites for hydroxylation is 1. The fourth-order valence-electron chi connectivity index (χ4n) is 2.35. The molecule has 1 aromatic heterocycles. The van der Waals surface area contributed by atoms with E-state index >= 15 is 0 Å². The first kappa shape index (κ1) is 15.6. The van der Waals surface area contributed by atoms with Gasteiger partial charge in [-0.05, 0) is 44.4 Å². The Morgan fingerprint density at radius 1 is 1.30 bits per heavy atom. The molecule has 0 aliphatic heterocycles. The maximum atomic E-state index is 6.25. The molecule has 0 amide bonds. The lowest BCUT2D eigenvalue weighted by Crippen LogP contribution is -2.05. The number of benzene rings is 1. The lowest BCUT2D eigenvalue weighted by atomic mass is 10.2. The molecule has 2 rings (SSSR count). The van der Waals surface area contributed by atoms with Crippen molar-refractivity contribution in [2.45, 2.75) is 38.1 Å². The third-order valence-corrected chi connectivity index (χ3v) is 3.76. The van der Waals surface area contributed by atoms with Crippen LogP contribution >= 0.6 is 23.2 Å². The lowest BCUT2D eigenvalue weighted by molar-refractivity contribution is 0.191. The smallest absolute Gasteiger partial charge is 0.127 e. The van der Waals surface area contributed by atoms with E-state index < -0.39 is 0 Å². The predicted molar refractivity (Wildman–Crippen MR) is 84.7 cm³/mol. The van der Waals surface area contributed by atoms with Crippen LogP contribution < -0.4 is 0 Å². The third kappa shape index (κ3) is 3.66. The molecule has 2 aromatic rings. The first-order valence-corrected chi connectivity index (χ1v) is 7.73. The van der Waals surface area contributed by atoms with Gasteiger partial charge in [-0.25, -0.2) is 4.98 Å². The molecule has 0 radical (unpaired) electrons. The summed E-state index contributed by atoms with van der Waals surface area (Å²) < 4.78 is 7.26. The van der Waals surface area contributed by atoms with Gasteiger partial charge in [-0.15, -0.1) is 11.6 Å². The number of alkyl halides is 1. The van der Waals surface area contributed by atoms with E-state index in [1.807, 2.05) is 25.1 Å². The minimum absolute atomic E-state index is 0.111. The molecule has 0 N–H and O–H groups in total. The summed E-state index contributed by atoms with van der Waals surface area (Å²) in [5.41, 5.74) is 2.01. The lowest BCUT2D eigenvalue weighted by Gasteiger charge is -2.10. The van der Waals surface area contributed by atoms with Crippen molar-refractivity contribution < 1.29 is 4.74 Å². The number of ether oxygens (including phenoxy) is 1. The maximum Gasteiger partial charge on any atom is 0.127 e. The van der Waals surface area contributed by atoms with Gasteiger partial charge in [0.1, 0.15) is 5.82 Å². The highest BCUT2D eigenvalue weighted by Gasteiger charge is 2.14. The summed E-state index contributed by atoms with van der Waals surface area (Å²) in [4.78, 5) is 4.62. The molecular weight excluding hydrogens is 295 g/mol. The molecule has 0 saturated carbocycles. The number of hydrogen-bond acceptors (Lipinski definition) is 2. The summed E-state index contributed by atoms with van der Waals surface area (Å²) in [6, 6.07) is 5.77. The van der Waals surface area contributed by atoms with Gasteiger partial charge in [0.15, 0.2) is 0 Å². The molecule has 0 fully saturated rings. The average Bonchev–Trinajstić information content (AvgIpc) is 2.77. The largest absolute Gasteiger partial charge is 0.385 e. The fraction of sp³-hybridized carbons (Fsp3) is 0.533. The Morgan fingerprint density at radius 2 is 2.10 bits per heavy atom. The quantitative estimate of drug-likeness (QED) is 0.542. The Hall–Kier alpha value is -0.770. The number of methoxy groups -OCH3 is 1. The minimum Gasteiger partial charge on any atom is -0.385 e.